The van der Waals surface area contributed by atoms with Crippen LogP contribution in [0.25, 0.3) is 0 Å². The molecule has 1 aromatic carbocycles. The highest BCUT2D eigenvalue weighted by Crippen LogP contribution is 2.16. The van der Waals surface area contributed by atoms with Gasteiger partial charge in [-0.15, -0.1) is 0 Å². The average Bonchev–Trinajstić information content (AvgIpc) is 2.79. The van der Waals surface area contributed by atoms with Crippen LogP contribution in [0.3, 0.4) is 0 Å². The Balaban J connectivity index is 1.98. The van der Waals surface area contributed by atoms with Crippen molar-refractivity contribution in [3.8, 4) is 0 Å². The van der Waals surface area contributed by atoms with E-state index in [1.165, 1.54) is 11.1 Å². The maximum Gasteiger partial charge on any atom is 0.0490 e. The Morgan fingerprint density at radius 1 is 1.31 bits per heavy atom. The molecule has 0 bridgehead atoms. The van der Waals surface area contributed by atoms with Gasteiger partial charge in [-0.1, -0.05) is 24.3 Å². The second-order valence-electron chi connectivity index (χ2n) is 4.04. The molecule has 1 aromatic heterocycles. The zero-order chi connectivity index (χ0) is 11.4. The third-order valence-electron chi connectivity index (χ3n) is 2.81. The van der Waals surface area contributed by atoms with Gasteiger partial charge in [0.1, 0.15) is 0 Å². The predicted octanol–water partition coefficient (Wildman–Crippen LogP) is 2.57. The molecule has 3 nitrogen and oxygen atoms in total. The lowest BCUT2D eigenvalue weighted by atomic mass is 10.0. The molecule has 2 rings (SSSR count). The van der Waals surface area contributed by atoms with Crippen LogP contribution in [0.2, 0.25) is 0 Å². The molecule has 84 valence electrons. The lowest BCUT2D eigenvalue weighted by Crippen LogP contribution is -2.19. The number of H-pyrrole nitrogens is 1. The van der Waals surface area contributed by atoms with E-state index in [9.17, 15) is 0 Å². The van der Waals surface area contributed by atoms with Crippen LogP contribution >= 0.6 is 0 Å². The summed E-state index contributed by atoms with van der Waals surface area (Å²) in [5.74, 6) is 0. The van der Waals surface area contributed by atoms with Crippen LogP contribution in [0.15, 0.2) is 36.5 Å². The molecule has 0 fully saturated rings. The maximum atomic E-state index is 3.93. The normalized spacial score (nSPS) is 12.6. The molecule has 0 aliphatic heterocycles. The Bertz CT molecular complexity index is 434. The minimum absolute atomic E-state index is 0.351. The number of nitrogens with zero attached hydrogens (tertiary/aromatic N) is 1. The summed E-state index contributed by atoms with van der Waals surface area (Å²) >= 11 is 0. The molecule has 0 spiro atoms. The fourth-order valence-corrected chi connectivity index (χ4v) is 1.83. The van der Waals surface area contributed by atoms with Gasteiger partial charge in [0, 0.05) is 24.5 Å². The Kier molecular flexibility index (Phi) is 3.37. The summed E-state index contributed by atoms with van der Waals surface area (Å²) in [4.78, 5) is 0. The minimum Gasteiger partial charge on any atom is -0.305 e. The number of rotatable bonds is 4. The molecule has 2 N–H and O–H groups in total. The Hall–Kier alpha value is -1.61. The third-order valence-corrected chi connectivity index (χ3v) is 2.81. The molecule has 0 unspecified atom stereocenters. The van der Waals surface area contributed by atoms with Crippen molar-refractivity contribution in [1.82, 2.24) is 15.5 Å². The van der Waals surface area contributed by atoms with E-state index in [1.807, 2.05) is 6.07 Å². The van der Waals surface area contributed by atoms with Gasteiger partial charge >= 0.3 is 0 Å². The second kappa shape index (κ2) is 4.94. The summed E-state index contributed by atoms with van der Waals surface area (Å²) < 4.78 is 0. The first-order valence-electron chi connectivity index (χ1n) is 5.54. The number of hydrogen-bond acceptors (Lipinski definition) is 2. The monoisotopic (exact) mass is 215 g/mol. The summed E-state index contributed by atoms with van der Waals surface area (Å²) in [7, 11) is 0. The van der Waals surface area contributed by atoms with Gasteiger partial charge in [-0.2, -0.15) is 5.10 Å². The maximum absolute atomic E-state index is 3.93. The first-order valence-corrected chi connectivity index (χ1v) is 5.54. The summed E-state index contributed by atoms with van der Waals surface area (Å²) in [6.45, 7) is 5.14. The second-order valence-corrected chi connectivity index (χ2v) is 4.04. The highest BCUT2D eigenvalue weighted by atomic mass is 15.1. The van der Waals surface area contributed by atoms with E-state index in [0.29, 0.717) is 6.04 Å². The summed E-state index contributed by atoms with van der Waals surface area (Å²) in [5.41, 5.74) is 3.79. The molecular weight excluding hydrogens is 198 g/mol. The van der Waals surface area contributed by atoms with E-state index in [2.05, 4.69) is 53.6 Å². The molecular formula is C13H17N3. The van der Waals surface area contributed by atoms with Gasteiger partial charge in [0.25, 0.3) is 0 Å². The molecule has 0 saturated carbocycles. The number of aryl methyl sites for hydroxylation is 1. The third kappa shape index (κ3) is 2.49. The minimum atomic E-state index is 0.351. The van der Waals surface area contributed by atoms with Crippen LogP contribution in [0.1, 0.15) is 29.8 Å². The zero-order valence-electron chi connectivity index (χ0n) is 9.70. The highest BCUT2D eigenvalue weighted by molar-refractivity contribution is 5.28. The quantitative estimate of drug-likeness (QED) is 0.823. The van der Waals surface area contributed by atoms with Gasteiger partial charge in [0.2, 0.25) is 0 Å². The van der Waals surface area contributed by atoms with Gasteiger partial charge in [-0.3, -0.25) is 5.10 Å². The first kappa shape index (κ1) is 10.9. The number of hydrogen-bond donors (Lipinski definition) is 2. The van der Waals surface area contributed by atoms with Gasteiger partial charge in [-0.25, -0.2) is 0 Å². The Morgan fingerprint density at radius 2 is 2.12 bits per heavy atom. The van der Waals surface area contributed by atoms with E-state index in [0.717, 1.165) is 12.2 Å². The van der Waals surface area contributed by atoms with Crippen LogP contribution in [0.4, 0.5) is 0 Å². The van der Waals surface area contributed by atoms with Crippen molar-refractivity contribution in [2.24, 2.45) is 0 Å². The number of benzene rings is 1. The molecule has 16 heavy (non-hydrogen) atoms. The first-order chi connectivity index (χ1) is 7.77. The van der Waals surface area contributed by atoms with Crippen LogP contribution in [-0.2, 0) is 6.54 Å². The van der Waals surface area contributed by atoms with Crippen molar-refractivity contribution in [2.45, 2.75) is 26.4 Å². The van der Waals surface area contributed by atoms with E-state index >= 15 is 0 Å². The van der Waals surface area contributed by atoms with E-state index in [4.69, 9.17) is 0 Å². The molecule has 3 heteroatoms. The lowest BCUT2D eigenvalue weighted by Gasteiger charge is -2.15. The van der Waals surface area contributed by atoms with E-state index in [1.54, 1.807) is 6.20 Å². The fourth-order valence-electron chi connectivity index (χ4n) is 1.83. The van der Waals surface area contributed by atoms with Crippen molar-refractivity contribution < 1.29 is 0 Å². The molecule has 2 aromatic rings. The zero-order valence-corrected chi connectivity index (χ0v) is 9.70. The standard InChI is InChI=1S/C13H17N3/c1-10-5-3-4-6-13(10)11(2)14-9-12-7-8-15-16-12/h3-8,11,14H,9H2,1-2H3,(H,15,16)/t11-/m0/s1. The van der Waals surface area contributed by atoms with Gasteiger partial charge in [0.15, 0.2) is 0 Å². The summed E-state index contributed by atoms with van der Waals surface area (Å²) in [5, 5.41) is 10.3. The molecule has 0 saturated heterocycles. The van der Waals surface area contributed by atoms with E-state index in [-0.39, 0.29) is 0 Å². The molecule has 0 radical (unpaired) electrons. The average molecular weight is 215 g/mol. The number of nitrogens with one attached hydrogen (secondary N) is 2. The van der Waals surface area contributed by atoms with Crippen molar-refractivity contribution in [3.05, 3.63) is 53.3 Å². The number of aromatic amines is 1. The van der Waals surface area contributed by atoms with Gasteiger partial charge in [-0.05, 0) is 31.0 Å². The van der Waals surface area contributed by atoms with Crippen molar-refractivity contribution in [2.75, 3.05) is 0 Å². The van der Waals surface area contributed by atoms with Crippen LogP contribution < -0.4 is 5.32 Å². The molecule has 0 aliphatic rings. The number of aromatic nitrogens is 2. The van der Waals surface area contributed by atoms with Gasteiger partial charge in [0.05, 0.1) is 0 Å². The molecule has 0 aliphatic carbocycles. The van der Waals surface area contributed by atoms with E-state index < -0.39 is 0 Å². The summed E-state index contributed by atoms with van der Waals surface area (Å²) in [6.07, 6.45) is 1.77. The Labute approximate surface area is 95.9 Å². The SMILES string of the molecule is Cc1ccccc1[C@H](C)NCc1ccn[nH]1. The fraction of sp³-hybridized carbons (Fsp3) is 0.308. The molecule has 1 heterocycles. The lowest BCUT2D eigenvalue weighted by molar-refractivity contribution is 0.564. The van der Waals surface area contributed by atoms with Crippen LogP contribution in [0, 0.1) is 6.92 Å². The van der Waals surface area contributed by atoms with Crippen LogP contribution in [-0.4, -0.2) is 10.2 Å². The van der Waals surface area contributed by atoms with Crippen molar-refractivity contribution >= 4 is 0 Å². The topological polar surface area (TPSA) is 40.7 Å². The Morgan fingerprint density at radius 3 is 2.81 bits per heavy atom. The smallest absolute Gasteiger partial charge is 0.0490 e. The van der Waals surface area contributed by atoms with Crippen LogP contribution in [0.5, 0.6) is 0 Å². The molecule has 1 atom stereocenters. The largest absolute Gasteiger partial charge is 0.305 e. The predicted molar refractivity (Wildman–Crippen MR) is 65.0 cm³/mol. The van der Waals surface area contributed by atoms with Crippen molar-refractivity contribution in [1.29, 1.82) is 0 Å². The summed E-state index contributed by atoms with van der Waals surface area (Å²) in [6, 6.07) is 10.8. The van der Waals surface area contributed by atoms with Gasteiger partial charge < -0.3 is 5.32 Å². The molecule has 0 amide bonds. The highest BCUT2D eigenvalue weighted by Gasteiger charge is 2.06. The van der Waals surface area contributed by atoms with Crippen molar-refractivity contribution in [3.63, 3.8) is 0 Å².